The fourth-order valence-electron chi connectivity index (χ4n) is 1.47. The number of aromatic nitrogens is 1. The zero-order valence-electron chi connectivity index (χ0n) is 9.72. The molecule has 0 unspecified atom stereocenters. The van der Waals surface area contributed by atoms with Gasteiger partial charge in [-0.3, -0.25) is 0 Å². The minimum atomic E-state index is 0.260. The maximum atomic E-state index is 9.12. The number of aryl methyl sites for hydroxylation is 2. The van der Waals surface area contributed by atoms with Crippen LogP contribution in [-0.2, 0) is 6.42 Å². The molecule has 0 aliphatic heterocycles. The van der Waals surface area contributed by atoms with Gasteiger partial charge in [-0.15, -0.1) is 11.3 Å². The van der Waals surface area contributed by atoms with E-state index in [1.54, 1.807) is 35.6 Å². The van der Waals surface area contributed by atoms with Gasteiger partial charge in [0.05, 0.1) is 11.6 Å². The monoisotopic (exact) mass is 249 g/mol. The van der Waals surface area contributed by atoms with Crippen molar-refractivity contribution in [3.63, 3.8) is 0 Å². The minimum Gasteiger partial charge on any atom is -0.508 e. The Morgan fingerprint density at radius 1 is 1.29 bits per heavy atom. The van der Waals surface area contributed by atoms with E-state index in [9.17, 15) is 0 Å². The second-order valence-electron chi connectivity index (χ2n) is 3.83. The third kappa shape index (κ3) is 3.75. The number of hydrogen-bond donors (Lipinski definition) is 1. The summed E-state index contributed by atoms with van der Waals surface area (Å²) >= 11 is 1.70. The van der Waals surface area contributed by atoms with Crippen molar-refractivity contribution < 1.29 is 9.84 Å². The van der Waals surface area contributed by atoms with E-state index in [-0.39, 0.29) is 5.75 Å². The molecule has 0 aliphatic rings. The standard InChI is InChI=1S/C13H15NO2S/c1-10-9-17-13(14-10)3-2-8-16-12-6-4-11(15)5-7-12/h4-7,9,15H,2-3,8H2,1H3. The number of thiazole rings is 1. The molecule has 90 valence electrons. The number of nitrogens with zero attached hydrogens (tertiary/aromatic N) is 1. The van der Waals surface area contributed by atoms with Crippen molar-refractivity contribution in [1.29, 1.82) is 0 Å². The van der Waals surface area contributed by atoms with Crippen LogP contribution in [0.4, 0.5) is 0 Å². The van der Waals surface area contributed by atoms with Gasteiger partial charge in [0.15, 0.2) is 0 Å². The molecule has 1 aromatic heterocycles. The number of hydrogen-bond acceptors (Lipinski definition) is 4. The first-order chi connectivity index (χ1) is 8.24. The number of ether oxygens (including phenoxy) is 1. The number of benzene rings is 1. The molecule has 0 bridgehead atoms. The smallest absolute Gasteiger partial charge is 0.119 e. The van der Waals surface area contributed by atoms with E-state index < -0.39 is 0 Å². The molecule has 2 rings (SSSR count). The Balaban J connectivity index is 1.71. The predicted molar refractivity (Wildman–Crippen MR) is 68.8 cm³/mol. The van der Waals surface area contributed by atoms with E-state index in [4.69, 9.17) is 9.84 Å². The van der Waals surface area contributed by atoms with Gasteiger partial charge in [-0.2, -0.15) is 0 Å². The number of phenolic OH excluding ortho intramolecular Hbond substituents is 1. The van der Waals surface area contributed by atoms with Crippen LogP contribution in [0.25, 0.3) is 0 Å². The van der Waals surface area contributed by atoms with Crippen molar-refractivity contribution in [3.8, 4) is 11.5 Å². The molecule has 0 radical (unpaired) electrons. The maximum Gasteiger partial charge on any atom is 0.119 e. The van der Waals surface area contributed by atoms with Crippen LogP contribution in [0.5, 0.6) is 11.5 Å². The summed E-state index contributed by atoms with van der Waals surface area (Å²) in [6, 6.07) is 6.78. The zero-order chi connectivity index (χ0) is 12.1. The van der Waals surface area contributed by atoms with Crippen molar-refractivity contribution in [2.45, 2.75) is 19.8 Å². The van der Waals surface area contributed by atoms with Gasteiger partial charge < -0.3 is 9.84 Å². The normalized spacial score (nSPS) is 10.4. The number of phenols is 1. The molecule has 2 aromatic rings. The van der Waals surface area contributed by atoms with Crippen LogP contribution in [0, 0.1) is 6.92 Å². The lowest BCUT2D eigenvalue weighted by Gasteiger charge is -2.04. The van der Waals surface area contributed by atoms with Crippen molar-refractivity contribution >= 4 is 11.3 Å². The first-order valence-electron chi connectivity index (χ1n) is 5.57. The lowest BCUT2D eigenvalue weighted by Crippen LogP contribution is -1.99. The van der Waals surface area contributed by atoms with Gasteiger partial charge in [-0.25, -0.2) is 4.98 Å². The highest BCUT2D eigenvalue weighted by atomic mass is 32.1. The summed E-state index contributed by atoms with van der Waals surface area (Å²) < 4.78 is 5.56. The van der Waals surface area contributed by atoms with Crippen LogP contribution >= 0.6 is 11.3 Å². The molecule has 0 amide bonds. The Kier molecular flexibility index (Phi) is 3.98. The molecule has 3 nitrogen and oxygen atoms in total. The quantitative estimate of drug-likeness (QED) is 0.828. The molecule has 1 aromatic carbocycles. The largest absolute Gasteiger partial charge is 0.508 e. The summed E-state index contributed by atoms with van der Waals surface area (Å²) in [4.78, 5) is 4.40. The Morgan fingerprint density at radius 2 is 2.06 bits per heavy atom. The van der Waals surface area contributed by atoms with Crippen molar-refractivity contribution in [3.05, 3.63) is 40.3 Å². The third-order valence-corrected chi connectivity index (χ3v) is 3.33. The van der Waals surface area contributed by atoms with Crippen LogP contribution in [0.1, 0.15) is 17.1 Å². The van der Waals surface area contributed by atoms with Crippen LogP contribution in [-0.4, -0.2) is 16.7 Å². The maximum absolute atomic E-state index is 9.12. The second kappa shape index (κ2) is 5.68. The van der Waals surface area contributed by atoms with E-state index in [1.165, 1.54) is 0 Å². The summed E-state index contributed by atoms with van der Waals surface area (Å²) in [6.07, 6.45) is 1.91. The van der Waals surface area contributed by atoms with E-state index in [2.05, 4.69) is 10.4 Å². The molecular weight excluding hydrogens is 234 g/mol. The number of rotatable bonds is 5. The summed E-state index contributed by atoms with van der Waals surface area (Å²) in [5.41, 5.74) is 1.09. The number of aromatic hydroxyl groups is 1. The highest BCUT2D eigenvalue weighted by Crippen LogP contribution is 2.16. The SMILES string of the molecule is Cc1csc(CCCOc2ccc(O)cc2)n1. The van der Waals surface area contributed by atoms with Crippen molar-refractivity contribution in [2.75, 3.05) is 6.61 Å². The third-order valence-electron chi connectivity index (χ3n) is 2.31. The van der Waals surface area contributed by atoms with Gasteiger partial charge in [-0.05, 0) is 37.6 Å². The molecule has 4 heteroatoms. The van der Waals surface area contributed by atoms with Crippen LogP contribution < -0.4 is 4.74 Å². The van der Waals surface area contributed by atoms with Gasteiger partial charge >= 0.3 is 0 Å². The lowest BCUT2D eigenvalue weighted by molar-refractivity contribution is 0.310. The molecule has 0 spiro atoms. The molecule has 0 fully saturated rings. The van der Waals surface area contributed by atoms with Gasteiger partial charge in [0.2, 0.25) is 0 Å². The molecule has 0 saturated heterocycles. The zero-order valence-corrected chi connectivity index (χ0v) is 10.5. The van der Waals surface area contributed by atoms with Crippen LogP contribution in [0.2, 0.25) is 0 Å². The molecule has 0 aliphatic carbocycles. The summed E-state index contributed by atoms with van der Waals surface area (Å²) in [5.74, 6) is 1.05. The minimum absolute atomic E-state index is 0.260. The van der Waals surface area contributed by atoms with Crippen LogP contribution in [0.3, 0.4) is 0 Å². The summed E-state index contributed by atoms with van der Waals surface area (Å²) in [7, 11) is 0. The summed E-state index contributed by atoms with van der Waals surface area (Å²) in [5, 5.41) is 12.3. The van der Waals surface area contributed by atoms with Gasteiger partial charge in [0.1, 0.15) is 11.5 Å². The fourth-order valence-corrected chi connectivity index (χ4v) is 2.29. The first-order valence-corrected chi connectivity index (χ1v) is 6.45. The average molecular weight is 249 g/mol. The molecule has 0 atom stereocenters. The van der Waals surface area contributed by atoms with Gasteiger partial charge in [0.25, 0.3) is 0 Å². The molecule has 0 saturated carbocycles. The van der Waals surface area contributed by atoms with E-state index >= 15 is 0 Å². The first kappa shape index (κ1) is 11.9. The average Bonchev–Trinajstić information content (AvgIpc) is 2.73. The molecule has 1 N–H and O–H groups in total. The Morgan fingerprint density at radius 3 is 2.71 bits per heavy atom. The predicted octanol–water partition coefficient (Wildman–Crippen LogP) is 3.17. The van der Waals surface area contributed by atoms with Gasteiger partial charge in [-0.1, -0.05) is 0 Å². The Hall–Kier alpha value is -1.55. The van der Waals surface area contributed by atoms with Gasteiger partial charge in [0, 0.05) is 17.5 Å². The molecular formula is C13H15NO2S. The summed E-state index contributed by atoms with van der Waals surface area (Å²) in [6.45, 7) is 2.68. The molecule has 1 heterocycles. The highest BCUT2D eigenvalue weighted by molar-refractivity contribution is 7.09. The van der Waals surface area contributed by atoms with Crippen molar-refractivity contribution in [2.24, 2.45) is 0 Å². The van der Waals surface area contributed by atoms with E-state index in [0.717, 1.165) is 29.3 Å². The van der Waals surface area contributed by atoms with E-state index in [0.29, 0.717) is 6.61 Å². The van der Waals surface area contributed by atoms with Crippen LogP contribution in [0.15, 0.2) is 29.6 Å². The topological polar surface area (TPSA) is 42.4 Å². The highest BCUT2D eigenvalue weighted by Gasteiger charge is 1.99. The molecule has 17 heavy (non-hydrogen) atoms. The van der Waals surface area contributed by atoms with E-state index in [1.807, 2.05) is 6.92 Å². The van der Waals surface area contributed by atoms with Crippen molar-refractivity contribution in [1.82, 2.24) is 4.98 Å². The Bertz CT molecular complexity index is 465. The lowest BCUT2D eigenvalue weighted by atomic mass is 10.3. The fraction of sp³-hybridized carbons (Fsp3) is 0.308. The Labute approximate surface area is 105 Å². The second-order valence-corrected chi connectivity index (χ2v) is 4.77.